The molecule has 2 nitrogen and oxygen atoms in total. The molecule has 1 aromatic rings. The molecule has 0 saturated heterocycles. The summed E-state index contributed by atoms with van der Waals surface area (Å²) in [6, 6.07) is 5.92. The highest BCUT2D eigenvalue weighted by Gasteiger charge is 2.13. The van der Waals surface area contributed by atoms with E-state index >= 15 is 0 Å². The van der Waals surface area contributed by atoms with Crippen molar-refractivity contribution in [2.75, 3.05) is 6.54 Å². The Morgan fingerprint density at radius 1 is 1.27 bits per heavy atom. The summed E-state index contributed by atoms with van der Waals surface area (Å²) in [5.74, 6) is -0.283. The monoisotopic (exact) mass is 211 g/mol. The molecule has 1 rings (SSSR count). The molecule has 0 amide bonds. The third-order valence-corrected chi connectivity index (χ3v) is 2.08. The first-order valence-corrected chi connectivity index (χ1v) is 5.07. The van der Waals surface area contributed by atoms with Crippen LogP contribution in [0.4, 0.5) is 4.39 Å². The number of β-amino-alcohol motifs (C(OH)–C–C–N with tert-alkyl or cyclic N) is 1. The number of hydrogen-bond donors (Lipinski definition) is 2. The van der Waals surface area contributed by atoms with E-state index in [4.69, 9.17) is 0 Å². The third-order valence-electron chi connectivity index (χ3n) is 2.08. The lowest BCUT2D eigenvalue weighted by atomic mass is 10.1. The second-order valence-electron chi connectivity index (χ2n) is 4.70. The van der Waals surface area contributed by atoms with Crippen LogP contribution in [0.2, 0.25) is 0 Å². The maximum atomic E-state index is 12.6. The van der Waals surface area contributed by atoms with E-state index in [9.17, 15) is 9.50 Å². The van der Waals surface area contributed by atoms with Gasteiger partial charge in [0.25, 0.3) is 0 Å². The van der Waals surface area contributed by atoms with Crippen LogP contribution in [0.5, 0.6) is 0 Å². The molecule has 0 aliphatic heterocycles. The number of benzene rings is 1. The Kier molecular flexibility index (Phi) is 3.83. The summed E-state index contributed by atoms with van der Waals surface area (Å²) in [5, 5.41) is 13.0. The Bertz CT molecular complexity index is 302. The molecule has 2 N–H and O–H groups in total. The first-order valence-electron chi connectivity index (χ1n) is 5.07. The molecule has 0 heterocycles. The van der Waals surface area contributed by atoms with Crippen LogP contribution in [0.1, 0.15) is 32.4 Å². The average molecular weight is 211 g/mol. The van der Waals surface area contributed by atoms with Crippen LogP contribution >= 0.6 is 0 Å². The van der Waals surface area contributed by atoms with Crippen molar-refractivity contribution in [2.45, 2.75) is 32.4 Å². The van der Waals surface area contributed by atoms with E-state index in [0.717, 1.165) is 5.56 Å². The largest absolute Gasteiger partial charge is 0.387 e. The van der Waals surface area contributed by atoms with Crippen LogP contribution in [0.3, 0.4) is 0 Å². The van der Waals surface area contributed by atoms with Crippen LogP contribution in [0.25, 0.3) is 0 Å². The number of halogens is 1. The molecule has 0 saturated carbocycles. The lowest BCUT2D eigenvalue weighted by Gasteiger charge is -2.23. The van der Waals surface area contributed by atoms with Crippen molar-refractivity contribution in [3.05, 3.63) is 35.6 Å². The van der Waals surface area contributed by atoms with E-state index < -0.39 is 6.10 Å². The second kappa shape index (κ2) is 4.73. The summed E-state index contributed by atoms with van der Waals surface area (Å²) < 4.78 is 12.6. The maximum Gasteiger partial charge on any atom is 0.123 e. The molecule has 3 heteroatoms. The van der Waals surface area contributed by atoms with Gasteiger partial charge in [-0.15, -0.1) is 0 Å². The van der Waals surface area contributed by atoms with Gasteiger partial charge < -0.3 is 10.4 Å². The molecule has 15 heavy (non-hydrogen) atoms. The number of rotatable bonds is 3. The Balaban J connectivity index is 2.54. The van der Waals surface area contributed by atoms with Crippen LogP contribution < -0.4 is 5.32 Å². The van der Waals surface area contributed by atoms with Crippen molar-refractivity contribution in [2.24, 2.45) is 0 Å². The SMILES string of the molecule is CC(C)(C)NCC(O)c1ccc(F)cc1. The van der Waals surface area contributed by atoms with Gasteiger partial charge in [0.05, 0.1) is 6.10 Å². The second-order valence-corrected chi connectivity index (χ2v) is 4.70. The van der Waals surface area contributed by atoms with Crippen molar-refractivity contribution < 1.29 is 9.50 Å². The summed E-state index contributed by atoms with van der Waals surface area (Å²) in [6.45, 7) is 6.56. The number of aliphatic hydroxyl groups excluding tert-OH is 1. The smallest absolute Gasteiger partial charge is 0.123 e. The fourth-order valence-corrected chi connectivity index (χ4v) is 1.21. The quantitative estimate of drug-likeness (QED) is 0.803. The summed E-state index contributed by atoms with van der Waals surface area (Å²) in [4.78, 5) is 0. The van der Waals surface area contributed by atoms with Crippen molar-refractivity contribution >= 4 is 0 Å². The zero-order valence-electron chi connectivity index (χ0n) is 9.42. The van der Waals surface area contributed by atoms with Crippen LogP contribution in [0, 0.1) is 5.82 Å². The lowest BCUT2D eigenvalue weighted by Crippen LogP contribution is -2.38. The first-order chi connectivity index (χ1) is 6.88. The fraction of sp³-hybridized carbons (Fsp3) is 0.500. The van der Waals surface area contributed by atoms with Crippen molar-refractivity contribution in [3.8, 4) is 0 Å². The third kappa shape index (κ3) is 4.40. The molecule has 1 atom stereocenters. The topological polar surface area (TPSA) is 32.3 Å². The number of nitrogens with one attached hydrogen (secondary N) is 1. The first kappa shape index (κ1) is 12.1. The van der Waals surface area contributed by atoms with Gasteiger partial charge in [-0.3, -0.25) is 0 Å². The molecule has 0 aromatic heterocycles. The highest BCUT2D eigenvalue weighted by Crippen LogP contribution is 2.13. The lowest BCUT2D eigenvalue weighted by molar-refractivity contribution is 0.163. The van der Waals surface area contributed by atoms with Crippen LogP contribution in [-0.2, 0) is 0 Å². The zero-order valence-corrected chi connectivity index (χ0v) is 9.42. The van der Waals surface area contributed by atoms with Gasteiger partial charge in [-0.05, 0) is 38.5 Å². The van der Waals surface area contributed by atoms with E-state index in [1.54, 1.807) is 12.1 Å². The van der Waals surface area contributed by atoms with Gasteiger partial charge in [-0.25, -0.2) is 4.39 Å². The van der Waals surface area contributed by atoms with Gasteiger partial charge in [0.2, 0.25) is 0 Å². The highest BCUT2D eigenvalue weighted by molar-refractivity contribution is 5.18. The molecule has 0 aliphatic carbocycles. The van der Waals surface area contributed by atoms with Gasteiger partial charge in [-0.1, -0.05) is 12.1 Å². The normalized spacial score (nSPS) is 13.9. The number of aliphatic hydroxyl groups is 1. The van der Waals surface area contributed by atoms with Crippen molar-refractivity contribution in [3.63, 3.8) is 0 Å². The van der Waals surface area contributed by atoms with E-state index in [1.807, 2.05) is 20.8 Å². The van der Waals surface area contributed by atoms with Gasteiger partial charge in [0.15, 0.2) is 0 Å². The Morgan fingerprint density at radius 3 is 2.27 bits per heavy atom. The molecule has 0 spiro atoms. The Hall–Kier alpha value is -0.930. The molecule has 0 fully saturated rings. The fourth-order valence-electron chi connectivity index (χ4n) is 1.21. The molecule has 0 bridgehead atoms. The molecule has 84 valence electrons. The summed E-state index contributed by atoms with van der Waals surface area (Å²) in [5.41, 5.74) is 0.703. The van der Waals surface area contributed by atoms with E-state index in [2.05, 4.69) is 5.32 Å². The zero-order chi connectivity index (χ0) is 11.5. The predicted octanol–water partition coefficient (Wildman–Crippen LogP) is 2.25. The minimum atomic E-state index is -0.593. The van der Waals surface area contributed by atoms with Crippen molar-refractivity contribution in [1.82, 2.24) is 5.32 Å². The summed E-state index contributed by atoms with van der Waals surface area (Å²) in [6.07, 6.45) is -0.593. The maximum absolute atomic E-state index is 12.6. The molecule has 0 aliphatic rings. The minimum absolute atomic E-state index is 0.0268. The van der Waals surface area contributed by atoms with E-state index in [0.29, 0.717) is 6.54 Å². The average Bonchev–Trinajstić information content (AvgIpc) is 2.14. The standard InChI is InChI=1S/C12H18FNO/c1-12(2,3)14-8-11(15)9-4-6-10(13)7-5-9/h4-7,11,14-15H,8H2,1-3H3. The molecule has 0 radical (unpaired) electrons. The molecular formula is C12H18FNO. The van der Waals surface area contributed by atoms with Gasteiger partial charge in [-0.2, -0.15) is 0 Å². The van der Waals surface area contributed by atoms with E-state index in [1.165, 1.54) is 12.1 Å². The van der Waals surface area contributed by atoms with E-state index in [-0.39, 0.29) is 11.4 Å². The Labute approximate surface area is 90.1 Å². The number of hydrogen-bond acceptors (Lipinski definition) is 2. The molecule has 1 aromatic carbocycles. The minimum Gasteiger partial charge on any atom is -0.387 e. The molecular weight excluding hydrogens is 193 g/mol. The Morgan fingerprint density at radius 2 is 1.80 bits per heavy atom. The van der Waals surface area contributed by atoms with Gasteiger partial charge in [0, 0.05) is 12.1 Å². The predicted molar refractivity (Wildman–Crippen MR) is 59.1 cm³/mol. The van der Waals surface area contributed by atoms with Crippen LogP contribution in [-0.4, -0.2) is 17.2 Å². The summed E-state index contributed by atoms with van der Waals surface area (Å²) in [7, 11) is 0. The summed E-state index contributed by atoms with van der Waals surface area (Å²) >= 11 is 0. The van der Waals surface area contributed by atoms with Crippen LogP contribution in [0.15, 0.2) is 24.3 Å². The highest BCUT2D eigenvalue weighted by atomic mass is 19.1. The van der Waals surface area contributed by atoms with Gasteiger partial charge in [0.1, 0.15) is 5.82 Å². The van der Waals surface area contributed by atoms with Crippen molar-refractivity contribution in [1.29, 1.82) is 0 Å². The van der Waals surface area contributed by atoms with Gasteiger partial charge >= 0.3 is 0 Å². The molecule has 1 unspecified atom stereocenters.